The number of aliphatic hydroxyl groups is 1. The highest BCUT2D eigenvalue weighted by atomic mass is 32.2. The van der Waals surface area contributed by atoms with Crippen molar-refractivity contribution in [3.05, 3.63) is 29.8 Å². The number of likely N-dealkylation sites (tertiary alicyclic amines) is 1. The monoisotopic (exact) mass is 484 g/mol. The maximum Gasteiger partial charge on any atom is 0.326 e. The lowest BCUT2D eigenvalue weighted by Gasteiger charge is -2.29. The molecule has 1 fully saturated rings. The van der Waals surface area contributed by atoms with Crippen LogP contribution >= 0.6 is 0 Å². The molecule has 3 atom stereocenters. The summed E-state index contributed by atoms with van der Waals surface area (Å²) in [4.78, 5) is 29.6. The van der Waals surface area contributed by atoms with Gasteiger partial charge in [0, 0.05) is 13.1 Å². The van der Waals surface area contributed by atoms with E-state index in [0.717, 1.165) is 5.56 Å². The summed E-state index contributed by atoms with van der Waals surface area (Å²) >= 11 is 0. The third-order valence-electron chi connectivity index (χ3n) is 5.33. The SMILES string of the molecule is Cc1ccc(S(=O)(=O)NC[C@H](O)N2CCC[C@H]2C(=O)N[C@@H](CCCN=C(N)N)C(=O)O)cc1. The number of hydrogen-bond acceptors (Lipinski definition) is 7. The summed E-state index contributed by atoms with van der Waals surface area (Å²) in [7, 11) is -3.83. The zero-order valence-corrected chi connectivity index (χ0v) is 19.3. The maximum atomic E-state index is 12.7. The Morgan fingerprint density at radius 3 is 2.55 bits per heavy atom. The van der Waals surface area contributed by atoms with Crippen LogP contribution in [0, 0.1) is 6.92 Å². The van der Waals surface area contributed by atoms with Gasteiger partial charge in [-0.3, -0.25) is 14.7 Å². The normalized spacial score (nSPS) is 18.4. The van der Waals surface area contributed by atoms with Crippen LogP contribution < -0.4 is 21.5 Å². The van der Waals surface area contributed by atoms with E-state index < -0.39 is 40.2 Å². The van der Waals surface area contributed by atoms with E-state index in [1.807, 2.05) is 6.92 Å². The van der Waals surface area contributed by atoms with Gasteiger partial charge in [0.2, 0.25) is 15.9 Å². The number of rotatable bonds is 12. The van der Waals surface area contributed by atoms with Crippen LogP contribution in [0.5, 0.6) is 0 Å². The molecule has 0 unspecified atom stereocenters. The van der Waals surface area contributed by atoms with Crippen LogP contribution in [0.25, 0.3) is 0 Å². The Morgan fingerprint density at radius 1 is 1.27 bits per heavy atom. The first-order valence-electron chi connectivity index (χ1n) is 10.6. The highest BCUT2D eigenvalue weighted by Gasteiger charge is 2.36. The largest absolute Gasteiger partial charge is 0.480 e. The Bertz CT molecular complexity index is 948. The van der Waals surface area contributed by atoms with Crippen molar-refractivity contribution in [3.63, 3.8) is 0 Å². The lowest BCUT2D eigenvalue weighted by Crippen LogP contribution is -2.54. The molecule has 184 valence electrons. The number of nitrogens with one attached hydrogen (secondary N) is 2. The number of carbonyl (C=O) groups is 2. The van der Waals surface area contributed by atoms with Gasteiger partial charge >= 0.3 is 5.97 Å². The molecule has 1 aliphatic rings. The topological polar surface area (TPSA) is 200 Å². The molecular weight excluding hydrogens is 452 g/mol. The van der Waals surface area contributed by atoms with Gasteiger partial charge in [-0.25, -0.2) is 17.9 Å². The molecule has 12 nitrogen and oxygen atoms in total. The smallest absolute Gasteiger partial charge is 0.326 e. The maximum absolute atomic E-state index is 12.7. The second-order valence-electron chi connectivity index (χ2n) is 7.89. The zero-order chi connectivity index (χ0) is 24.6. The minimum Gasteiger partial charge on any atom is -0.480 e. The standard InChI is InChI=1S/C20H32N6O6S/c1-13-6-8-14(9-7-13)33(31,32)24-12-17(27)26-11-3-5-16(26)18(28)25-15(19(29)30)4-2-10-23-20(21)22/h6-9,15-17,24,27H,2-5,10-12H2,1H3,(H,25,28)(H,29,30)(H4,21,22,23)/t15-,16-,17-/m0/s1. The van der Waals surface area contributed by atoms with Gasteiger partial charge in [0.15, 0.2) is 5.96 Å². The quantitative estimate of drug-likeness (QED) is 0.118. The average molecular weight is 485 g/mol. The van der Waals surface area contributed by atoms with Crippen molar-refractivity contribution in [3.8, 4) is 0 Å². The van der Waals surface area contributed by atoms with E-state index >= 15 is 0 Å². The summed E-state index contributed by atoms with van der Waals surface area (Å²) in [6, 6.07) is 4.36. The lowest BCUT2D eigenvalue weighted by molar-refractivity contribution is -0.143. The van der Waals surface area contributed by atoms with Crippen LogP contribution in [-0.4, -0.2) is 79.3 Å². The van der Waals surface area contributed by atoms with E-state index in [-0.39, 0.29) is 30.4 Å². The van der Waals surface area contributed by atoms with Crippen LogP contribution in [0.3, 0.4) is 0 Å². The van der Waals surface area contributed by atoms with Crippen molar-refractivity contribution in [2.45, 2.75) is 55.8 Å². The predicted octanol–water partition coefficient (Wildman–Crippen LogP) is -1.32. The molecule has 0 aromatic heterocycles. The van der Waals surface area contributed by atoms with Crippen molar-refractivity contribution in [1.82, 2.24) is 14.9 Å². The van der Waals surface area contributed by atoms with E-state index in [4.69, 9.17) is 11.5 Å². The molecule has 0 spiro atoms. The number of aryl methyl sites for hydroxylation is 1. The number of sulfonamides is 1. The molecule has 0 radical (unpaired) electrons. The van der Waals surface area contributed by atoms with Gasteiger partial charge in [-0.1, -0.05) is 17.7 Å². The van der Waals surface area contributed by atoms with Crippen LogP contribution in [0.1, 0.15) is 31.2 Å². The van der Waals surface area contributed by atoms with Gasteiger partial charge in [-0.15, -0.1) is 0 Å². The molecule has 0 bridgehead atoms. The molecule has 33 heavy (non-hydrogen) atoms. The highest BCUT2D eigenvalue weighted by molar-refractivity contribution is 7.89. The van der Waals surface area contributed by atoms with Gasteiger partial charge < -0.3 is 27.0 Å². The number of amides is 1. The first-order chi connectivity index (χ1) is 15.5. The third kappa shape index (κ3) is 7.96. The van der Waals surface area contributed by atoms with Crippen molar-refractivity contribution in [2.75, 3.05) is 19.6 Å². The summed E-state index contributed by atoms with van der Waals surface area (Å²) in [5, 5.41) is 22.5. The summed E-state index contributed by atoms with van der Waals surface area (Å²) in [5.74, 6) is -1.83. The number of nitrogens with two attached hydrogens (primary N) is 2. The Morgan fingerprint density at radius 2 is 1.94 bits per heavy atom. The Kier molecular flexibility index (Phi) is 9.58. The first kappa shape index (κ1) is 26.5. The molecule has 8 N–H and O–H groups in total. The average Bonchev–Trinajstić information content (AvgIpc) is 3.24. The molecule has 0 saturated carbocycles. The number of guanidine groups is 1. The number of aliphatic carboxylic acids is 1. The van der Waals surface area contributed by atoms with Crippen LogP contribution in [0.4, 0.5) is 0 Å². The molecule has 1 heterocycles. The summed E-state index contributed by atoms with van der Waals surface area (Å²) in [6.07, 6.45) is 0.237. The van der Waals surface area contributed by atoms with E-state index in [9.17, 15) is 28.2 Å². The van der Waals surface area contributed by atoms with Gasteiger partial charge in [0.1, 0.15) is 12.3 Å². The molecule has 1 aromatic rings. The Labute approximate surface area is 193 Å². The van der Waals surface area contributed by atoms with E-state index in [1.54, 1.807) is 12.1 Å². The number of aliphatic hydroxyl groups excluding tert-OH is 1. The fourth-order valence-electron chi connectivity index (χ4n) is 3.56. The number of aliphatic imine (C=N–C) groups is 1. The van der Waals surface area contributed by atoms with Crippen LogP contribution in [0.15, 0.2) is 34.2 Å². The molecule has 1 aliphatic heterocycles. The summed E-state index contributed by atoms with van der Waals surface area (Å²) < 4.78 is 27.3. The van der Waals surface area contributed by atoms with Gasteiger partial charge in [0.25, 0.3) is 0 Å². The van der Waals surface area contributed by atoms with Crippen molar-refractivity contribution >= 4 is 27.9 Å². The molecular formula is C20H32N6O6S. The summed E-state index contributed by atoms with van der Waals surface area (Å²) in [5.41, 5.74) is 11.4. The number of nitrogens with zero attached hydrogens (tertiary/aromatic N) is 2. The second kappa shape index (κ2) is 11.9. The van der Waals surface area contributed by atoms with Gasteiger partial charge in [0.05, 0.1) is 17.5 Å². The number of carbonyl (C=O) groups excluding carboxylic acids is 1. The molecule has 2 rings (SSSR count). The number of benzene rings is 1. The molecule has 1 aromatic carbocycles. The molecule has 0 aliphatic carbocycles. The molecule has 1 saturated heterocycles. The number of carboxylic acid groups (broad SMARTS) is 1. The first-order valence-corrected chi connectivity index (χ1v) is 12.1. The number of carboxylic acids is 1. The van der Waals surface area contributed by atoms with Crippen LogP contribution in [0.2, 0.25) is 0 Å². The summed E-state index contributed by atoms with van der Waals surface area (Å²) in [6.45, 7) is 2.12. The number of hydrogen-bond donors (Lipinski definition) is 6. The lowest BCUT2D eigenvalue weighted by atomic mass is 10.1. The fourth-order valence-corrected chi connectivity index (χ4v) is 4.59. The fraction of sp³-hybridized carbons (Fsp3) is 0.550. The van der Waals surface area contributed by atoms with Gasteiger partial charge in [-0.05, 0) is 44.7 Å². The minimum absolute atomic E-state index is 0.0704. The Hall–Kier alpha value is -2.74. The van der Waals surface area contributed by atoms with E-state index in [0.29, 0.717) is 25.8 Å². The van der Waals surface area contributed by atoms with Crippen molar-refractivity contribution in [1.29, 1.82) is 0 Å². The van der Waals surface area contributed by atoms with Crippen LogP contribution in [-0.2, 0) is 19.6 Å². The highest BCUT2D eigenvalue weighted by Crippen LogP contribution is 2.20. The third-order valence-corrected chi connectivity index (χ3v) is 6.77. The second-order valence-corrected chi connectivity index (χ2v) is 9.66. The molecule has 13 heteroatoms. The van der Waals surface area contributed by atoms with Gasteiger partial charge in [-0.2, -0.15) is 0 Å². The zero-order valence-electron chi connectivity index (χ0n) is 18.5. The van der Waals surface area contributed by atoms with Crippen molar-refractivity contribution < 1.29 is 28.2 Å². The minimum atomic E-state index is -3.83. The van der Waals surface area contributed by atoms with Crippen molar-refractivity contribution in [2.24, 2.45) is 16.5 Å². The molecule has 1 amide bonds. The Balaban J connectivity index is 1.94. The van der Waals surface area contributed by atoms with E-state index in [2.05, 4.69) is 15.0 Å². The van der Waals surface area contributed by atoms with E-state index in [1.165, 1.54) is 17.0 Å². The predicted molar refractivity (Wildman–Crippen MR) is 122 cm³/mol.